The van der Waals surface area contributed by atoms with E-state index in [9.17, 15) is 13.2 Å². The van der Waals surface area contributed by atoms with Gasteiger partial charge in [0, 0.05) is 4.47 Å². The molecule has 8 heteroatoms. The van der Waals surface area contributed by atoms with Gasteiger partial charge in [0.2, 0.25) is 0 Å². The molecule has 6 nitrogen and oxygen atoms in total. The first kappa shape index (κ1) is 18.3. The highest BCUT2D eigenvalue weighted by Crippen LogP contribution is 2.33. The molecule has 4 rings (SSSR count). The minimum absolute atomic E-state index is 0.219. The van der Waals surface area contributed by atoms with Crippen LogP contribution in [0.3, 0.4) is 0 Å². The highest BCUT2D eigenvalue weighted by Gasteiger charge is 2.19. The minimum atomic E-state index is -3.73. The summed E-state index contributed by atoms with van der Waals surface area (Å²) < 4.78 is 28.7. The molecule has 0 radical (unpaired) electrons. The standard InChI is InChI=1S/C19H20BrN3O3S/c20-15-10-17-18(22-19(24)21-17)11-16(15)23-27(25,26)14-8-6-13(7-9-14)12-4-2-1-3-5-12/h6-12,23H,1-5H2,(H2,21,22,24). The number of nitrogens with one attached hydrogen (secondary N) is 3. The smallest absolute Gasteiger partial charge is 0.306 e. The molecule has 1 aliphatic rings. The van der Waals surface area contributed by atoms with E-state index in [-0.39, 0.29) is 10.6 Å². The van der Waals surface area contributed by atoms with Crippen LogP contribution in [0.4, 0.5) is 5.69 Å². The Morgan fingerprint density at radius 2 is 1.59 bits per heavy atom. The molecule has 1 aliphatic carbocycles. The van der Waals surface area contributed by atoms with Crippen LogP contribution in [-0.2, 0) is 10.0 Å². The average Bonchev–Trinajstić information content (AvgIpc) is 3.01. The Kier molecular flexibility index (Phi) is 4.86. The van der Waals surface area contributed by atoms with Crippen LogP contribution in [0.15, 0.2) is 50.6 Å². The van der Waals surface area contributed by atoms with Gasteiger partial charge in [-0.2, -0.15) is 0 Å². The number of hydrogen-bond acceptors (Lipinski definition) is 3. The summed E-state index contributed by atoms with van der Waals surface area (Å²) in [6.45, 7) is 0. The fourth-order valence-electron chi connectivity index (χ4n) is 3.69. The van der Waals surface area contributed by atoms with Gasteiger partial charge in [0.05, 0.1) is 21.6 Å². The molecule has 1 fully saturated rings. The fourth-order valence-corrected chi connectivity index (χ4v) is 5.34. The van der Waals surface area contributed by atoms with Crippen LogP contribution >= 0.6 is 15.9 Å². The molecule has 0 unspecified atom stereocenters. The van der Waals surface area contributed by atoms with E-state index in [4.69, 9.17) is 0 Å². The molecule has 3 N–H and O–H groups in total. The van der Waals surface area contributed by atoms with Crippen molar-refractivity contribution in [2.24, 2.45) is 0 Å². The van der Waals surface area contributed by atoms with Crippen LogP contribution in [0.5, 0.6) is 0 Å². The van der Waals surface area contributed by atoms with Crippen molar-refractivity contribution in [2.75, 3.05) is 4.72 Å². The molecule has 0 saturated heterocycles. The molecule has 0 atom stereocenters. The van der Waals surface area contributed by atoms with E-state index >= 15 is 0 Å². The van der Waals surface area contributed by atoms with Crippen molar-refractivity contribution in [3.63, 3.8) is 0 Å². The van der Waals surface area contributed by atoms with Crippen LogP contribution < -0.4 is 10.4 Å². The van der Waals surface area contributed by atoms with Gasteiger partial charge in [0.15, 0.2) is 0 Å². The van der Waals surface area contributed by atoms with Crippen molar-refractivity contribution in [3.05, 3.63) is 56.9 Å². The lowest BCUT2D eigenvalue weighted by Crippen LogP contribution is -2.13. The van der Waals surface area contributed by atoms with Crippen molar-refractivity contribution in [1.29, 1.82) is 0 Å². The van der Waals surface area contributed by atoms with Crippen LogP contribution in [0.25, 0.3) is 11.0 Å². The summed E-state index contributed by atoms with van der Waals surface area (Å²) in [7, 11) is -3.73. The summed E-state index contributed by atoms with van der Waals surface area (Å²) >= 11 is 3.35. The number of benzene rings is 2. The predicted octanol–water partition coefficient (Wildman–Crippen LogP) is 4.47. The van der Waals surface area contributed by atoms with Crippen molar-refractivity contribution < 1.29 is 8.42 Å². The van der Waals surface area contributed by atoms with Crippen molar-refractivity contribution in [3.8, 4) is 0 Å². The number of aromatic amines is 2. The third-order valence-electron chi connectivity index (χ3n) is 5.11. The molecule has 142 valence electrons. The van der Waals surface area contributed by atoms with E-state index in [0.29, 0.717) is 27.1 Å². The first-order chi connectivity index (χ1) is 12.9. The van der Waals surface area contributed by atoms with Crippen molar-refractivity contribution in [1.82, 2.24) is 9.97 Å². The van der Waals surface area contributed by atoms with E-state index < -0.39 is 10.0 Å². The quantitative estimate of drug-likeness (QED) is 0.548. The molecule has 0 amide bonds. The number of sulfonamides is 1. The second-order valence-corrected chi connectivity index (χ2v) is 9.50. The van der Waals surface area contributed by atoms with E-state index in [1.165, 1.54) is 37.7 Å². The second kappa shape index (κ2) is 7.16. The Morgan fingerprint density at radius 1 is 0.963 bits per heavy atom. The normalized spacial score (nSPS) is 15.9. The van der Waals surface area contributed by atoms with E-state index in [0.717, 1.165) is 0 Å². The highest BCUT2D eigenvalue weighted by atomic mass is 79.9. The summed E-state index contributed by atoms with van der Waals surface area (Å²) in [5, 5.41) is 0. The molecule has 0 spiro atoms. The molecule has 1 aromatic heterocycles. The van der Waals surface area contributed by atoms with Gasteiger partial charge in [-0.25, -0.2) is 13.2 Å². The average molecular weight is 450 g/mol. The van der Waals surface area contributed by atoms with E-state index in [1.807, 2.05) is 12.1 Å². The van der Waals surface area contributed by atoms with Crippen LogP contribution in [0.1, 0.15) is 43.6 Å². The Morgan fingerprint density at radius 3 is 2.26 bits per heavy atom. The molecular formula is C19H20BrN3O3S. The molecule has 1 heterocycles. The van der Waals surface area contributed by atoms with Crippen LogP contribution in [0, 0.1) is 0 Å². The van der Waals surface area contributed by atoms with Crippen molar-refractivity contribution >= 4 is 42.7 Å². The zero-order valence-electron chi connectivity index (χ0n) is 14.6. The molecule has 27 heavy (non-hydrogen) atoms. The van der Waals surface area contributed by atoms with Gasteiger partial charge in [-0.15, -0.1) is 0 Å². The number of imidazole rings is 1. The molecule has 0 aliphatic heterocycles. The summed E-state index contributed by atoms with van der Waals surface area (Å²) in [5.74, 6) is 0.533. The number of anilines is 1. The SMILES string of the molecule is O=c1[nH]c2cc(Br)c(NS(=O)(=O)c3ccc(C4CCCCC4)cc3)cc2[nH]1. The summed E-state index contributed by atoms with van der Waals surface area (Å²) in [6, 6.07) is 10.4. The first-order valence-corrected chi connectivity index (χ1v) is 11.2. The van der Waals surface area contributed by atoms with Gasteiger partial charge >= 0.3 is 5.69 Å². The first-order valence-electron chi connectivity index (χ1n) is 8.97. The maximum Gasteiger partial charge on any atom is 0.323 e. The Bertz CT molecular complexity index is 1130. The Hall–Kier alpha value is -2.06. The van der Waals surface area contributed by atoms with Gasteiger partial charge < -0.3 is 9.97 Å². The molecule has 3 aromatic rings. The number of fused-ring (bicyclic) bond motifs is 1. The Labute approximate surface area is 165 Å². The zero-order chi connectivity index (χ0) is 19.0. The predicted molar refractivity (Wildman–Crippen MR) is 110 cm³/mol. The number of halogens is 1. The molecule has 0 bridgehead atoms. The topological polar surface area (TPSA) is 94.8 Å². The number of hydrogen-bond donors (Lipinski definition) is 3. The second-order valence-electron chi connectivity index (χ2n) is 6.97. The molecule has 1 saturated carbocycles. The lowest BCUT2D eigenvalue weighted by Gasteiger charge is -2.22. The van der Waals surface area contributed by atoms with E-state index in [2.05, 4.69) is 30.6 Å². The largest absolute Gasteiger partial charge is 0.323 e. The van der Waals surface area contributed by atoms with E-state index in [1.54, 1.807) is 24.3 Å². The van der Waals surface area contributed by atoms with Gasteiger partial charge in [0.1, 0.15) is 0 Å². The van der Waals surface area contributed by atoms with Gasteiger partial charge in [-0.3, -0.25) is 4.72 Å². The highest BCUT2D eigenvalue weighted by molar-refractivity contribution is 9.10. The summed E-state index contributed by atoms with van der Waals surface area (Å²) in [6.07, 6.45) is 6.12. The molecule has 2 aromatic carbocycles. The van der Waals surface area contributed by atoms with Gasteiger partial charge in [-0.05, 0) is 64.5 Å². The lowest BCUT2D eigenvalue weighted by molar-refractivity contribution is 0.443. The Balaban J connectivity index is 1.59. The summed E-state index contributed by atoms with van der Waals surface area (Å²) in [5.41, 5.74) is 2.38. The van der Waals surface area contributed by atoms with Gasteiger partial charge in [0.25, 0.3) is 10.0 Å². The number of rotatable bonds is 4. The number of H-pyrrole nitrogens is 2. The lowest BCUT2D eigenvalue weighted by atomic mass is 9.84. The maximum atomic E-state index is 12.8. The molecular weight excluding hydrogens is 430 g/mol. The van der Waals surface area contributed by atoms with Gasteiger partial charge in [-0.1, -0.05) is 31.4 Å². The maximum absolute atomic E-state index is 12.8. The zero-order valence-corrected chi connectivity index (χ0v) is 17.0. The van der Waals surface area contributed by atoms with Crippen molar-refractivity contribution in [2.45, 2.75) is 42.9 Å². The summed E-state index contributed by atoms with van der Waals surface area (Å²) in [4.78, 5) is 16.9. The third kappa shape index (κ3) is 3.82. The van der Waals surface area contributed by atoms with Crippen LogP contribution in [0.2, 0.25) is 0 Å². The third-order valence-corrected chi connectivity index (χ3v) is 7.15. The monoisotopic (exact) mass is 449 g/mol. The van der Waals surface area contributed by atoms with Crippen LogP contribution in [-0.4, -0.2) is 18.4 Å². The minimum Gasteiger partial charge on any atom is -0.306 e. The number of aromatic nitrogens is 2. The fraction of sp³-hybridized carbons (Fsp3) is 0.316.